The van der Waals surface area contributed by atoms with Gasteiger partial charge in [-0.3, -0.25) is 4.79 Å². The third-order valence-electron chi connectivity index (χ3n) is 7.01. The molecule has 0 aromatic carbocycles. The largest absolute Gasteiger partial charge is 0.501 e. The summed E-state index contributed by atoms with van der Waals surface area (Å²) >= 11 is 0. The zero-order chi connectivity index (χ0) is 16.4. The SMILES string of the molecule is C=C1CC(=O)[C@@]2(C)CC=C3[C@@H](CC=C4C=C(OC)CC[C@@]43C)[C@H]12. The van der Waals surface area contributed by atoms with Crippen LogP contribution in [0, 0.1) is 22.7 Å². The molecule has 0 aromatic heterocycles. The molecule has 122 valence electrons. The highest BCUT2D eigenvalue weighted by Gasteiger charge is 2.56. The predicted octanol–water partition coefficient (Wildman–Crippen LogP) is 4.74. The van der Waals surface area contributed by atoms with Crippen LogP contribution in [0.1, 0.15) is 46.0 Å². The Morgan fingerprint density at radius 3 is 2.83 bits per heavy atom. The second-order valence-corrected chi connectivity index (χ2v) is 8.17. The van der Waals surface area contributed by atoms with E-state index >= 15 is 0 Å². The van der Waals surface area contributed by atoms with Gasteiger partial charge < -0.3 is 4.74 Å². The number of methoxy groups -OCH3 is 1. The van der Waals surface area contributed by atoms with E-state index in [0.717, 1.165) is 37.0 Å². The average Bonchev–Trinajstić information content (AvgIpc) is 2.76. The molecule has 0 saturated heterocycles. The van der Waals surface area contributed by atoms with Crippen molar-refractivity contribution in [2.45, 2.75) is 46.0 Å². The number of fused-ring (bicyclic) bond motifs is 5. The molecule has 4 aliphatic rings. The van der Waals surface area contributed by atoms with E-state index in [1.54, 1.807) is 12.7 Å². The Morgan fingerprint density at radius 1 is 1.30 bits per heavy atom. The number of hydrogen-bond acceptors (Lipinski definition) is 2. The molecule has 4 aliphatic carbocycles. The normalized spacial score (nSPS) is 42.1. The molecule has 0 aromatic rings. The average molecular weight is 310 g/mol. The molecule has 2 nitrogen and oxygen atoms in total. The van der Waals surface area contributed by atoms with Crippen LogP contribution in [0.5, 0.6) is 0 Å². The molecule has 0 heterocycles. The second kappa shape index (κ2) is 4.72. The molecule has 1 fully saturated rings. The van der Waals surface area contributed by atoms with E-state index in [2.05, 4.69) is 38.7 Å². The Balaban J connectivity index is 1.80. The fourth-order valence-corrected chi connectivity index (χ4v) is 5.59. The molecule has 23 heavy (non-hydrogen) atoms. The number of ketones is 1. The molecule has 0 N–H and O–H groups in total. The topological polar surface area (TPSA) is 26.3 Å². The number of carbonyl (C=O) groups is 1. The molecule has 2 heteroatoms. The van der Waals surface area contributed by atoms with Crippen LogP contribution in [0.2, 0.25) is 0 Å². The summed E-state index contributed by atoms with van der Waals surface area (Å²) in [5.74, 6) is 2.28. The van der Waals surface area contributed by atoms with Crippen LogP contribution in [0.4, 0.5) is 0 Å². The zero-order valence-electron chi connectivity index (χ0n) is 14.4. The molecule has 0 radical (unpaired) electrons. The van der Waals surface area contributed by atoms with Gasteiger partial charge in [0.1, 0.15) is 5.78 Å². The molecule has 4 rings (SSSR count). The van der Waals surface area contributed by atoms with Crippen LogP contribution < -0.4 is 0 Å². The summed E-state index contributed by atoms with van der Waals surface area (Å²) in [5, 5.41) is 0. The maximum Gasteiger partial charge on any atom is 0.143 e. The first-order valence-corrected chi connectivity index (χ1v) is 8.77. The van der Waals surface area contributed by atoms with Crippen molar-refractivity contribution in [3.63, 3.8) is 0 Å². The van der Waals surface area contributed by atoms with E-state index in [4.69, 9.17) is 4.74 Å². The number of hydrogen-bond donors (Lipinski definition) is 0. The summed E-state index contributed by atoms with van der Waals surface area (Å²) in [5.41, 5.74) is 4.02. The summed E-state index contributed by atoms with van der Waals surface area (Å²) < 4.78 is 5.48. The highest BCUT2D eigenvalue weighted by atomic mass is 16.5. The predicted molar refractivity (Wildman–Crippen MR) is 91.7 cm³/mol. The Hall–Kier alpha value is -1.57. The minimum absolute atomic E-state index is 0.109. The smallest absolute Gasteiger partial charge is 0.143 e. The third-order valence-corrected chi connectivity index (χ3v) is 7.01. The van der Waals surface area contributed by atoms with Crippen LogP contribution in [-0.2, 0) is 9.53 Å². The first-order chi connectivity index (χ1) is 10.9. The lowest BCUT2D eigenvalue weighted by atomic mass is 9.53. The minimum atomic E-state index is -0.213. The lowest BCUT2D eigenvalue weighted by molar-refractivity contribution is -0.127. The maximum absolute atomic E-state index is 12.5. The van der Waals surface area contributed by atoms with Crippen molar-refractivity contribution in [2.24, 2.45) is 22.7 Å². The lowest BCUT2D eigenvalue weighted by Gasteiger charge is -2.50. The Bertz CT molecular complexity index is 693. The highest BCUT2D eigenvalue weighted by Crippen LogP contribution is 2.62. The molecule has 0 amide bonds. The molecule has 4 atom stereocenters. The van der Waals surface area contributed by atoms with E-state index in [0.29, 0.717) is 24.0 Å². The van der Waals surface area contributed by atoms with Crippen molar-refractivity contribution < 1.29 is 9.53 Å². The van der Waals surface area contributed by atoms with Gasteiger partial charge in [0.2, 0.25) is 0 Å². The first kappa shape index (κ1) is 15.0. The highest BCUT2D eigenvalue weighted by molar-refractivity contribution is 5.91. The fraction of sp³-hybridized carbons (Fsp3) is 0.571. The van der Waals surface area contributed by atoms with Gasteiger partial charge in [-0.1, -0.05) is 43.7 Å². The van der Waals surface area contributed by atoms with Gasteiger partial charge in [-0.15, -0.1) is 0 Å². The van der Waals surface area contributed by atoms with Crippen molar-refractivity contribution in [2.75, 3.05) is 7.11 Å². The van der Waals surface area contributed by atoms with Gasteiger partial charge in [-0.05, 0) is 42.7 Å². The maximum atomic E-state index is 12.5. The number of ether oxygens (including phenoxy) is 1. The van der Waals surface area contributed by atoms with E-state index in [1.807, 2.05) is 0 Å². The summed E-state index contributed by atoms with van der Waals surface area (Å²) in [6.07, 6.45) is 11.6. The van der Waals surface area contributed by atoms with Crippen LogP contribution in [0.15, 0.2) is 47.3 Å². The molecule has 0 aliphatic heterocycles. The van der Waals surface area contributed by atoms with Gasteiger partial charge in [0.25, 0.3) is 0 Å². The molecular weight excluding hydrogens is 284 g/mol. The van der Waals surface area contributed by atoms with E-state index in [9.17, 15) is 4.79 Å². The molecular formula is C21H26O2. The van der Waals surface area contributed by atoms with Crippen molar-refractivity contribution in [1.29, 1.82) is 0 Å². The summed E-state index contributed by atoms with van der Waals surface area (Å²) in [6, 6.07) is 0. The monoisotopic (exact) mass is 310 g/mol. The molecule has 1 saturated carbocycles. The van der Waals surface area contributed by atoms with Gasteiger partial charge in [0.05, 0.1) is 12.9 Å². The Labute approximate surface area is 139 Å². The molecule has 0 unspecified atom stereocenters. The molecule has 0 bridgehead atoms. The van der Waals surface area contributed by atoms with Crippen molar-refractivity contribution in [3.8, 4) is 0 Å². The molecule has 0 spiro atoms. The first-order valence-electron chi connectivity index (χ1n) is 8.77. The van der Waals surface area contributed by atoms with Crippen LogP contribution in [-0.4, -0.2) is 12.9 Å². The van der Waals surface area contributed by atoms with E-state index in [-0.39, 0.29) is 10.8 Å². The Kier molecular flexibility index (Phi) is 3.07. The second-order valence-electron chi connectivity index (χ2n) is 8.17. The fourth-order valence-electron chi connectivity index (χ4n) is 5.59. The van der Waals surface area contributed by atoms with E-state index < -0.39 is 0 Å². The number of carbonyl (C=O) groups excluding carboxylic acids is 1. The van der Waals surface area contributed by atoms with Crippen molar-refractivity contribution in [1.82, 2.24) is 0 Å². The minimum Gasteiger partial charge on any atom is -0.501 e. The summed E-state index contributed by atoms with van der Waals surface area (Å²) in [7, 11) is 1.76. The van der Waals surface area contributed by atoms with Gasteiger partial charge in [-0.25, -0.2) is 0 Å². The number of rotatable bonds is 1. The zero-order valence-corrected chi connectivity index (χ0v) is 14.4. The number of Topliss-reactive ketones (excluding diaryl/α,β-unsaturated/α-hetero) is 1. The lowest BCUT2D eigenvalue weighted by Crippen LogP contribution is -2.43. The van der Waals surface area contributed by atoms with Gasteiger partial charge in [-0.2, -0.15) is 0 Å². The quantitative estimate of drug-likeness (QED) is 0.654. The summed E-state index contributed by atoms with van der Waals surface area (Å²) in [4.78, 5) is 12.5. The van der Waals surface area contributed by atoms with Crippen LogP contribution in [0.25, 0.3) is 0 Å². The van der Waals surface area contributed by atoms with Gasteiger partial charge in [0.15, 0.2) is 0 Å². The van der Waals surface area contributed by atoms with Gasteiger partial charge >= 0.3 is 0 Å². The summed E-state index contributed by atoms with van der Waals surface area (Å²) in [6.45, 7) is 8.82. The number of allylic oxidation sites excluding steroid dienone is 7. The van der Waals surface area contributed by atoms with E-state index in [1.165, 1.54) is 5.57 Å². The van der Waals surface area contributed by atoms with Crippen molar-refractivity contribution in [3.05, 3.63) is 47.3 Å². The van der Waals surface area contributed by atoms with Crippen LogP contribution >= 0.6 is 0 Å². The standard InChI is InChI=1S/C21H26O2/c1-13-11-18(22)21(3)10-8-17-16(19(13)21)6-5-14-12-15(23-4)7-9-20(14,17)2/h5,8,12,16,19H,1,6-7,9-11H2,2-4H3/t16-,19+,20+,21-/m1/s1. The van der Waals surface area contributed by atoms with Gasteiger partial charge in [0, 0.05) is 23.7 Å². The van der Waals surface area contributed by atoms with Crippen molar-refractivity contribution >= 4 is 5.78 Å². The van der Waals surface area contributed by atoms with Crippen LogP contribution in [0.3, 0.4) is 0 Å². The Morgan fingerprint density at radius 2 is 2.09 bits per heavy atom. The third kappa shape index (κ3) is 1.84.